The van der Waals surface area contributed by atoms with Crippen LogP contribution in [-0.2, 0) is 7.05 Å². The van der Waals surface area contributed by atoms with Gasteiger partial charge in [-0.15, -0.1) is 0 Å². The van der Waals surface area contributed by atoms with Crippen LogP contribution in [0, 0.1) is 19.8 Å². The third kappa shape index (κ3) is 2.60. The van der Waals surface area contributed by atoms with E-state index in [-0.39, 0.29) is 18.4 Å². The van der Waals surface area contributed by atoms with E-state index in [4.69, 9.17) is 0 Å². The molecule has 0 aromatic carbocycles. The molecule has 0 spiro atoms. The molecule has 106 valence electrons. The molecule has 1 aromatic heterocycles. The van der Waals surface area contributed by atoms with Crippen LogP contribution in [0.25, 0.3) is 0 Å². The molecule has 1 aliphatic rings. The number of Topliss-reactive ketones (excluding diaryl/α,β-unsaturated/α-hetero) is 1. The topological polar surface area (TPSA) is 45.5 Å². The summed E-state index contributed by atoms with van der Waals surface area (Å²) in [7, 11) is 1.98. The zero-order valence-corrected chi connectivity index (χ0v) is 12.3. The van der Waals surface area contributed by atoms with E-state index < -0.39 is 0 Å². The number of aryl methyl sites for hydroxylation is 1. The zero-order chi connectivity index (χ0) is 14.2. The zero-order valence-electron chi connectivity index (χ0n) is 12.3. The summed E-state index contributed by atoms with van der Waals surface area (Å²) in [6.07, 6.45) is 1.06. The highest BCUT2D eigenvalue weighted by atomic mass is 16.3. The molecule has 1 aromatic rings. The van der Waals surface area contributed by atoms with Crippen LogP contribution in [0.3, 0.4) is 0 Å². The molecule has 19 heavy (non-hydrogen) atoms. The summed E-state index contributed by atoms with van der Waals surface area (Å²) < 4.78 is 2.05. The number of aliphatic hydroxyl groups excluding tert-OH is 1. The minimum atomic E-state index is 0.133. The number of hydrogen-bond acceptors (Lipinski definition) is 3. The molecule has 1 saturated heterocycles. The van der Waals surface area contributed by atoms with Crippen molar-refractivity contribution in [3.8, 4) is 0 Å². The van der Waals surface area contributed by atoms with E-state index in [0.717, 1.165) is 29.9 Å². The van der Waals surface area contributed by atoms with Gasteiger partial charge in [0.25, 0.3) is 0 Å². The van der Waals surface area contributed by atoms with Gasteiger partial charge in [0.15, 0.2) is 5.78 Å². The molecule has 1 aliphatic heterocycles. The lowest BCUT2D eigenvalue weighted by Gasteiger charge is -2.24. The summed E-state index contributed by atoms with van der Waals surface area (Å²) in [5.41, 5.74) is 2.95. The second-order valence-corrected chi connectivity index (χ2v) is 5.75. The van der Waals surface area contributed by atoms with Crippen LogP contribution in [0.5, 0.6) is 0 Å². The molecular formula is C15H24N2O2. The second-order valence-electron chi connectivity index (χ2n) is 5.75. The fourth-order valence-corrected chi connectivity index (χ4v) is 2.99. The van der Waals surface area contributed by atoms with Crippen molar-refractivity contribution in [1.82, 2.24) is 9.47 Å². The fraction of sp³-hybridized carbons (Fsp3) is 0.667. The molecule has 2 rings (SSSR count). The van der Waals surface area contributed by atoms with Crippen LogP contribution < -0.4 is 0 Å². The van der Waals surface area contributed by atoms with Crippen LogP contribution >= 0.6 is 0 Å². The fourth-order valence-electron chi connectivity index (χ4n) is 2.99. The molecule has 4 heteroatoms. The Morgan fingerprint density at radius 3 is 2.68 bits per heavy atom. The summed E-state index contributed by atoms with van der Waals surface area (Å²) in [6, 6.07) is 2.10. The Morgan fingerprint density at radius 1 is 1.47 bits per heavy atom. The number of ketones is 1. The summed E-state index contributed by atoms with van der Waals surface area (Å²) in [5, 5.41) is 9.44. The first-order valence-corrected chi connectivity index (χ1v) is 6.96. The largest absolute Gasteiger partial charge is 0.395 e. The Balaban J connectivity index is 2.11. The molecule has 0 bridgehead atoms. The van der Waals surface area contributed by atoms with E-state index in [9.17, 15) is 9.90 Å². The van der Waals surface area contributed by atoms with Gasteiger partial charge in [-0.05, 0) is 38.8 Å². The van der Waals surface area contributed by atoms with Crippen molar-refractivity contribution in [3.05, 3.63) is 23.0 Å². The predicted octanol–water partition coefficient (Wildman–Crippen LogP) is 1.53. The molecule has 0 aliphatic carbocycles. The Kier molecular flexibility index (Phi) is 4.11. The van der Waals surface area contributed by atoms with Gasteiger partial charge in [-0.2, -0.15) is 0 Å². The first-order valence-electron chi connectivity index (χ1n) is 6.96. The standard InChI is InChI=1S/C15H24N2O2/c1-10-5-6-17(14(10)9-18)8-15(19)13-7-11(2)16(4)12(13)3/h7,10,14,18H,5-6,8-9H2,1-4H3. The van der Waals surface area contributed by atoms with Crippen molar-refractivity contribution in [3.63, 3.8) is 0 Å². The Bertz CT molecular complexity index is 479. The monoisotopic (exact) mass is 264 g/mol. The molecule has 2 atom stereocenters. The Hall–Kier alpha value is -1.13. The predicted molar refractivity (Wildman–Crippen MR) is 75.4 cm³/mol. The average Bonchev–Trinajstić information content (AvgIpc) is 2.85. The summed E-state index contributed by atoms with van der Waals surface area (Å²) in [4.78, 5) is 14.5. The maximum Gasteiger partial charge on any atom is 0.178 e. The number of aliphatic hydroxyl groups is 1. The lowest BCUT2D eigenvalue weighted by Crippen LogP contribution is -2.38. The maximum atomic E-state index is 12.4. The van der Waals surface area contributed by atoms with E-state index in [1.807, 2.05) is 31.5 Å². The normalized spacial score (nSPS) is 24.1. The van der Waals surface area contributed by atoms with E-state index in [0.29, 0.717) is 12.5 Å². The molecule has 4 nitrogen and oxygen atoms in total. The highest BCUT2D eigenvalue weighted by Gasteiger charge is 2.32. The molecule has 2 unspecified atom stereocenters. The number of hydrogen-bond donors (Lipinski definition) is 1. The van der Waals surface area contributed by atoms with Gasteiger partial charge in [-0.25, -0.2) is 0 Å². The number of rotatable bonds is 4. The minimum Gasteiger partial charge on any atom is -0.395 e. The van der Waals surface area contributed by atoms with Crippen LogP contribution in [-0.4, -0.2) is 46.1 Å². The first kappa shape index (κ1) is 14.3. The van der Waals surface area contributed by atoms with Crippen LogP contribution in [0.4, 0.5) is 0 Å². The maximum absolute atomic E-state index is 12.4. The highest BCUT2D eigenvalue weighted by molar-refractivity contribution is 5.99. The lowest BCUT2D eigenvalue weighted by molar-refractivity contribution is 0.0865. The van der Waals surface area contributed by atoms with Crippen LogP contribution in [0.2, 0.25) is 0 Å². The number of nitrogens with zero attached hydrogens (tertiary/aromatic N) is 2. The number of aromatic nitrogens is 1. The molecule has 0 amide bonds. The number of carbonyl (C=O) groups excluding carboxylic acids is 1. The third-order valence-corrected chi connectivity index (χ3v) is 4.61. The molecule has 1 fully saturated rings. The third-order valence-electron chi connectivity index (χ3n) is 4.61. The number of likely N-dealkylation sites (tertiary alicyclic amines) is 1. The van der Waals surface area contributed by atoms with E-state index in [1.165, 1.54) is 0 Å². The van der Waals surface area contributed by atoms with E-state index >= 15 is 0 Å². The minimum absolute atomic E-state index is 0.133. The van der Waals surface area contributed by atoms with Crippen molar-refractivity contribution < 1.29 is 9.90 Å². The second kappa shape index (κ2) is 5.47. The van der Waals surface area contributed by atoms with Gasteiger partial charge in [-0.1, -0.05) is 6.92 Å². The van der Waals surface area contributed by atoms with Crippen LogP contribution in [0.1, 0.15) is 35.1 Å². The Morgan fingerprint density at radius 2 is 2.16 bits per heavy atom. The van der Waals surface area contributed by atoms with Crippen molar-refractivity contribution >= 4 is 5.78 Å². The molecule has 0 saturated carbocycles. The van der Waals surface area contributed by atoms with Gasteiger partial charge >= 0.3 is 0 Å². The summed E-state index contributed by atoms with van der Waals surface area (Å²) in [6.45, 7) is 7.60. The van der Waals surface area contributed by atoms with Crippen LogP contribution in [0.15, 0.2) is 6.07 Å². The molecule has 1 N–H and O–H groups in total. The van der Waals surface area contributed by atoms with Gasteiger partial charge < -0.3 is 9.67 Å². The van der Waals surface area contributed by atoms with E-state index in [2.05, 4.69) is 11.8 Å². The number of carbonyl (C=O) groups is 1. The van der Waals surface area contributed by atoms with Crippen molar-refractivity contribution in [1.29, 1.82) is 0 Å². The summed E-state index contributed by atoms with van der Waals surface area (Å²) >= 11 is 0. The van der Waals surface area contributed by atoms with E-state index in [1.54, 1.807) is 0 Å². The van der Waals surface area contributed by atoms with Gasteiger partial charge in [0.05, 0.1) is 13.2 Å². The van der Waals surface area contributed by atoms with Crippen molar-refractivity contribution in [2.24, 2.45) is 13.0 Å². The first-order chi connectivity index (χ1) is 8.95. The average molecular weight is 264 g/mol. The van der Waals surface area contributed by atoms with Gasteiger partial charge in [0.1, 0.15) is 0 Å². The van der Waals surface area contributed by atoms with Gasteiger partial charge in [-0.3, -0.25) is 9.69 Å². The molecular weight excluding hydrogens is 240 g/mol. The molecule has 0 radical (unpaired) electrons. The van der Waals surface area contributed by atoms with Crippen molar-refractivity contribution in [2.75, 3.05) is 19.7 Å². The van der Waals surface area contributed by atoms with Gasteiger partial charge in [0.2, 0.25) is 0 Å². The summed E-state index contributed by atoms with van der Waals surface area (Å²) in [5.74, 6) is 0.630. The smallest absolute Gasteiger partial charge is 0.178 e. The quantitative estimate of drug-likeness (QED) is 0.839. The van der Waals surface area contributed by atoms with Gasteiger partial charge in [0, 0.05) is 30.0 Å². The highest BCUT2D eigenvalue weighted by Crippen LogP contribution is 2.24. The SMILES string of the molecule is Cc1cc(C(=O)CN2CCC(C)C2CO)c(C)n1C. The molecule has 2 heterocycles. The van der Waals surface area contributed by atoms with Crippen molar-refractivity contribution in [2.45, 2.75) is 33.2 Å². The lowest BCUT2D eigenvalue weighted by atomic mass is 10.0. The Labute approximate surface area is 115 Å².